The fraction of sp³-hybridized carbons (Fsp3) is 0.667. The molecule has 0 saturated carbocycles. The van der Waals surface area contributed by atoms with E-state index in [4.69, 9.17) is 0 Å². The highest BCUT2D eigenvalue weighted by Gasteiger charge is 2.22. The van der Waals surface area contributed by atoms with E-state index in [1.165, 1.54) is 12.3 Å². The molecule has 0 aliphatic carbocycles. The van der Waals surface area contributed by atoms with E-state index in [1.54, 1.807) is 0 Å². The van der Waals surface area contributed by atoms with E-state index in [2.05, 4.69) is 32.1 Å². The van der Waals surface area contributed by atoms with Gasteiger partial charge in [-0.3, -0.25) is 4.48 Å². The zero-order valence-corrected chi connectivity index (χ0v) is 7.67. The molecule has 1 aliphatic heterocycles. The summed E-state index contributed by atoms with van der Waals surface area (Å²) >= 11 is 0. The van der Waals surface area contributed by atoms with Crippen molar-refractivity contribution in [3.05, 3.63) is 12.3 Å². The zero-order valence-electron chi connectivity index (χ0n) is 7.67. The highest BCUT2D eigenvalue weighted by Crippen LogP contribution is 2.10. The molecule has 1 aliphatic rings. The minimum Gasteiger partial charge on any atom is -0.280 e. The third-order valence-electron chi connectivity index (χ3n) is 2.06. The summed E-state index contributed by atoms with van der Waals surface area (Å²) in [5.74, 6) is 1.30. The molecule has 0 saturated heterocycles. The average molecular weight is 153 g/mol. The Labute approximate surface area is 68.8 Å². The van der Waals surface area contributed by atoms with Crippen molar-refractivity contribution in [3.8, 4) is 0 Å². The molecule has 0 aromatic carbocycles. The second kappa shape index (κ2) is 3.18. The predicted octanol–water partition coefficient (Wildman–Crippen LogP) is 1.79. The Bertz CT molecular complexity index is 190. The van der Waals surface area contributed by atoms with Crippen LogP contribution in [0, 0.1) is 0 Å². The van der Waals surface area contributed by atoms with E-state index in [9.17, 15) is 0 Å². The van der Waals surface area contributed by atoms with Crippen molar-refractivity contribution in [1.29, 1.82) is 0 Å². The molecule has 0 bridgehead atoms. The molecule has 0 radical (unpaired) electrons. The second-order valence-electron chi connectivity index (χ2n) is 3.55. The Hall–Kier alpha value is -0.630. The first-order valence-corrected chi connectivity index (χ1v) is 4.22. The summed E-state index contributed by atoms with van der Waals surface area (Å²) in [6, 6.07) is 0. The van der Waals surface area contributed by atoms with Gasteiger partial charge in [-0.25, -0.2) is 4.99 Å². The van der Waals surface area contributed by atoms with E-state index in [0.717, 1.165) is 17.4 Å². The van der Waals surface area contributed by atoms with Crippen molar-refractivity contribution in [2.75, 3.05) is 20.6 Å². The minimum absolute atomic E-state index is 0.935. The molecular formula is C9H17N2+. The average Bonchev–Trinajstić information content (AvgIpc) is 1.94. The predicted molar refractivity (Wildman–Crippen MR) is 48.5 cm³/mol. The van der Waals surface area contributed by atoms with E-state index in [0.29, 0.717) is 0 Å². The summed E-state index contributed by atoms with van der Waals surface area (Å²) in [7, 11) is 4.41. The van der Waals surface area contributed by atoms with E-state index in [-0.39, 0.29) is 0 Å². The van der Waals surface area contributed by atoms with Crippen molar-refractivity contribution >= 4 is 5.84 Å². The highest BCUT2D eigenvalue weighted by atomic mass is 15.4. The van der Waals surface area contributed by atoms with Gasteiger partial charge in [-0.15, -0.1) is 0 Å². The molecule has 11 heavy (non-hydrogen) atoms. The molecule has 1 heterocycles. The normalized spacial score (nSPS) is 21.5. The molecule has 0 aromatic heterocycles. The molecule has 1 rings (SSSR count). The topological polar surface area (TPSA) is 12.4 Å². The van der Waals surface area contributed by atoms with Crippen LogP contribution in [-0.2, 0) is 0 Å². The fourth-order valence-electron chi connectivity index (χ4n) is 1.30. The zero-order chi connectivity index (χ0) is 8.32. The van der Waals surface area contributed by atoms with Gasteiger partial charge in [-0.05, 0) is 12.5 Å². The number of aliphatic imine (C=N–C) groups is 1. The minimum atomic E-state index is 0.935. The molecule has 0 amide bonds. The van der Waals surface area contributed by atoms with Gasteiger partial charge >= 0.3 is 0 Å². The third kappa shape index (κ3) is 1.90. The van der Waals surface area contributed by atoms with Gasteiger partial charge in [0.1, 0.15) is 6.54 Å². The molecule has 2 heteroatoms. The smallest absolute Gasteiger partial charge is 0.202 e. The van der Waals surface area contributed by atoms with Gasteiger partial charge in [-0.2, -0.15) is 0 Å². The quantitative estimate of drug-likeness (QED) is 0.536. The number of hydrogen-bond donors (Lipinski definition) is 0. The maximum atomic E-state index is 4.38. The van der Waals surface area contributed by atoms with E-state index >= 15 is 0 Å². The third-order valence-corrected chi connectivity index (χ3v) is 2.06. The Morgan fingerprint density at radius 1 is 1.55 bits per heavy atom. The molecule has 0 aromatic rings. The van der Waals surface area contributed by atoms with Crippen LogP contribution in [0.4, 0.5) is 0 Å². The number of likely N-dealkylation sites (N-methyl/N-ethyl adjacent to an activating group) is 1. The van der Waals surface area contributed by atoms with Crippen LogP contribution in [0.25, 0.3) is 0 Å². The van der Waals surface area contributed by atoms with Crippen LogP contribution in [0.2, 0.25) is 0 Å². The molecule has 0 fully saturated rings. The van der Waals surface area contributed by atoms with Crippen molar-refractivity contribution in [1.82, 2.24) is 0 Å². The number of rotatable bonds is 2. The fourth-order valence-corrected chi connectivity index (χ4v) is 1.30. The molecule has 2 nitrogen and oxygen atoms in total. The SMILES string of the molecule is CCCC1=NC=CC[N+]1(C)C. The number of amidine groups is 1. The van der Waals surface area contributed by atoms with Gasteiger partial charge in [-0.1, -0.05) is 6.92 Å². The first-order valence-electron chi connectivity index (χ1n) is 4.22. The van der Waals surface area contributed by atoms with Crippen molar-refractivity contribution in [2.45, 2.75) is 19.8 Å². The Balaban J connectivity index is 2.71. The summed E-state index contributed by atoms with van der Waals surface area (Å²) in [5.41, 5.74) is 0. The highest BCUT2D eigenvalue weighted by molar-refractivity contribution is 5.76. The second-order valence-corrected chi connectivity index (χ2v) is 3.55. The molecule has 0 atom stereocenters. The van der Waals surface area contributed by atoms with Crippen LogP contribution in [0.1, 0.15) is 19.8 Å². The summed E-state index contributed by atoms with van der Waals surface area (Å²) in [6.07, 6.45) is 6.36. The molecule has 0 unspecified atom stereocenters. The van der Waals surface area contributed by atoms with Gasteiger partial charge in [0, 0.05) is 12.6 Å². The van der Waals surface area contributed by atoms with Crippen molar-refractivity contribution in [3.63, 3.8) is 0 Å². The first kappa shape index (κ1) is 8.47. The van der Waals surface area contributed by atoms with Crippen molar-refractivity contribution < 1.29 is 4.48 Å². The monoisotopic (exact) mass is 153 g/mol. The summed E-state index contributed by atoms with van der Waals surface area (Å²) in [5, 5.41) is 0. The molecular weight excluding hydrogens is 136 g/mol. The van der Waals surface area contributed by atoms with E-state index < -0.39 is 0 Å². The lowest BCUT2D eigenvalue weighted by molar-refractivity contribution is -0.795. The maximum absolute atomic E-state index is 4.38. The Morgan fingerprint density at radius 3 is 2.82 bits per heavy atom. The maximum Gasteiger partial charge on any atom is 0.202 e. The number of nitrogens with zero attached hydrogens (tertiary/aromatic N) is 2. The summed E-state index contributed by atoms with van der Waals surface area (Å²) < 4.78 is 0.935. The van der Waals surface area contributed by atoms with Gasteiger partial charge in [0.15, 0.2) is 0 Å². The van der Waals surface area contributed by atoms with Crippen LogP contribution in [0.5, 0.6) is 0 Å². The largest absolute Gasteiger partial charge is 0.280 e. The first-order chi connectivity index (χ1) is 5.17. The summed E-state index contributed by atoms with van der Waals surface area (Å²) in [4.78, 5) is 4.38. The number of hydrogen-bond acceptors (Lipinski definition) is 1. The standard InChI is InChI=1S/C9H17N2/c1-4-6-9-10-7-5-8-11(9,2)3/h5,7H,4,6,8H2,1-3H3/q+1. The lowest BCUT2D eigenvalue weighted by Crippen LogP contribution is -2.46. The molecule has 0 N–H and O–H groups in total. The van der Waals surface area contributed by atoms with Crippen LogP contribution in [0.3, 0.4) is 0 Å². The van der Waals surface area contributed by atoms with Crippen LogP contribution in [-0.4, -0.2) is 31.0 Å². The number of quaternary nitrogens is 1. The van der Waals surface area contributed by atoms with Crippen LogP contribution >= 0.6 is 0 Å². The lowest BCUT2D eigenvalue weighted by atomic mass is 10.2. The van der Waals surface area contributed by atoms with Gasteiger partial charge < -0.3 is 0 Å². The Kier molecular flexibility index (Phi) is 2.45. The molecule has 62 valence electrons. The Morgan fingerprint density at radius 2 is 2.27 bits per heavy atom. The van der Waals surface area contributed by atoms with Gasteiger partial charge in [0.05, 0.1) is 14.1 Å². The van der Waals surface area contributed by atoms with E-state index in [1.807, 2.05) is 6.20 Å². The van der Waals surface area contributed by atoms with Crippen molar-refractivity contribution in [2.24, 2.45) is 4.99 Å². The summed E-state index contributed by atoms with van der Waals surface area (Å²) in [6.45, 7) is 3.28. The van der Waals surface area contributed by atoms with Crippen LogP contribution in [0.15, 0.2) is 17.3 Å². The van der Waals surface area contributed by atoms with Gasteiger partial charge in [0.25, 0.3) is 0 Å². The van der Waals surface area contributed by atoms with Gasteiger partial charge in [0.2, 0.25) is 5.84 Å². The molecule has 0 spiro atoms. The lowest BCUT2D eigenvalue weighted by Gasteiger charge is -2.30. The van der Waals surface area contributed by atoms with Crippen LogP contribution < -0.4 is 0 Å².